The molecule has 3 heteroatoms. The van der Waals surface area contributed by atoms with Gasteiger partial charge in [-0.3, -0.25) is 4.90 Å². The van der Waals surface area contributed by atoms with Crippen molar-refractivity contribution >= 4 is 0 Å². The highest BCUT2D eigenvalue weighted by molar-refractivity contribution is 4.88. The fraction of sp³-hybridized carbons (Fsp3) is 1.00. The van der Waals surface area contributed by atoms with E-state index in [2.05, 4.69) is 16.7 Å². The lowest BCUT2D eigenvalue weighted by Crippen LogP contribution is -2.43. The second kappa shape index (κ2) is 5.48. The molecule has 3 fully saturated rings. The molecule has 0 radical (unpaired) electrons. The molecule has 0 aliphatic carbocycles. The first-order valence-corrected chi connectivity index (χ1v) is 7.79. The van der Waals surface area contributed by atoms with Gasteiger partial charge in [-0.25, -0.2) is 0 Å². The van der Waals surface area contributed by atoms with Crippen molar-refractivity contribution in [2.45, 2.75) is 45.1 Å². The maximum atomic E-state index is 5.52. The summed E-state index contributed by atoms with van der Waals surface area (Å²) in [5.74, 6) is 0. The topological polar surface area (TPSA) is 15.7 Å². The molecule has 3 aliphatic rings. The first-order valence-electron chi connectivity index (χ1n) is 7.79. The number of fused-ring (bicyclic) bond motifs is 1. The lowest BCUT2D eigenvalue weighted by molar-refractivity contribution is 0.00422. The van der Waals surface area contributed by atoms with Crippen molar-refractivity contribution in [3.05, 3.63) is 0 Å². The normalized spacial score (nSPS) is 34.2. The van der Waals surface area contributed by atoms with Crippen molar-refractivity contribution in [3.63, 3.8) is 0 Å². The lowest BCUT2D eigenvalue weighted by atomic mass is 9.82. The van der Waals surface area contributed by atoms with Crippen LogP contribution in [0.15, 0.2) is 0 Å². The Balaban J connectivity index is 1.58. The smallest absolute Gasteiger partial charge is 0.0471 e. The quantitative estimate of drug-likeness (QED) is 0.747. The Morgan fingerprint density at radius 3 is 2.72 bits per heavy atom. The van der Waals surface area contributed by atoms with E-state index in [1.807, 2.05) is 0 Å². The van der Waals surface area contributed by atoms with Crippen molar-refractivity contribution in [3.8, 4) is 0 Å². The van der Waals surface area contributed by atoms with Crippen LogP contribution in [0.3, 0.4) is 0 Å². The Labute approximate surface area is 111 Å². The van der Waals surface area contributed by atoms with E-state index in [0.29, 0.717) is 5.41 Å². The van der Waals surface area contributed by atoms with Crippen molar-refractivity contribution in [2.24, 2.45) is 5.41 Å². The van der Waals surface area contributed by atoms with Gasteiger partial charge in [0.1, 0.15) is 0 Å². The van der Waals surface area contributed by atoms with Crippen LogP contribution in [0.2, 0.25) is 0 Å². The highest BCUT2D eigenvalue weighted by atomic mass is 16.5. The Morgan fingerprint density at radius 2 is 1.89 bits per heavy atom. The molecule has 0 spiro atoms. The molecule has 0 bridgehead atoms. The summed E-state index contributed by atoms with van der Waals surface area (Å²) < 4.78 is 5.52. The zero-order valence-corrected chi connectivity index (χ0v) is 11.9. The molecule has 0 saturated carbocycles. The minimum Gasteiger partial charge on any atom is -0.381 e. The van der Waals surface area contributed by atoms with Gasteiger partial charge >= 0.3 is 0 Å². The molecular formula is C15H28N2O. The zero-order valence-electron chi connectivity index (χ0n) is 11.9. The maximum absolute atomic E-state index is 5.52. The molecule has 0 aromatic carbocycles. The van der Waals surface area contributed by atoms with Crippen LogP contribution in [0, 0.1) is 5.41 Å². The second-order valence-electron chi connectivity index (χ2n) is 6.84. The van der Waals surface area contributed by atoms with Crippen LogP contribution in [-0.4, -0.2) is 61.8 Å². The van der Waals surface area contributed by atoms with E-state index in [9.17, 15) is 0 Å². The summed E-state index contributed by atoms with van der Waals surface area (Å²) in [5.41, 5.74) is 0.506. The van der Waals surface area contributed by atoms with E-state index in [4.69, 9.17) is 4.74 Å². The zero-order chi connectivity index (χ0) is 12.4. The predicted molar refractivity (Wildman–Crippen MR) is 73.8 cm³/mol. The van der Waals surface area contributed by atoms with Crippen LogP contribution in [-0.2, 0) is 4.74 Å². The summed E-state index contributed by atoms with van der Waals surface area (Å²) in [5, 5.41) is 0. The summed E-state index contributed by atoms with van der Waals surface area (Å²) in [7, 11) is 0. The largest absolute Gasteiger partial charge is 0.381 e. The average Bonchev–Trinajstić information content (AvgIpc) is 2.69. The molecule has 3 nitrogen and oxygen atoms in total. The van der Waals surface area contributed by atoms with Crippen molar-refractivity contribution in [1.82, 2.24) is 9.80 Å². The van der Waals surface area contributed by atoms with Gasteiger partial charge in [-0.15, -0.1) is 0 Å². The van der Waals surface area contributed by atoms with Gasteiger partial charge in [0.05, 0.1) is 0 Å². The Hall–Kier alpha value is -0.120. The SMILES string of the molecule is CC1(CN2CCCN3CCCC3C2)CCOCC1. The van der Waals surface area contributed by atoms with Gasteiger partial charge in [-0.05, 0) is 57.2 Å². The molecule has 0 aromatic rings. The van der Waals surface area contributed by atoms with Crippen LogP contribution in [0.5, 0.6) is 0 Å². The van der Waals surface area contributed by atoms with Crippen LogP contribution in [0.4, 0.5) is 0 Å². The van der Waals surface area contributed by atoms with E-state index in [1.165, 1.54) is 64.8 Å². The summed E-state index contributed by atoms with van der Waals surface area (Å²) in [6.45, 7) is 11.0. The van der Waals surface area contributed by atoms with Crippen molar-refractivity contribution in [2.75, 3.05) is 45.9 Å². The molecule has 3 heterocycles. The minimum atomic E-state index is 0.506. The van der Waals surface area contributed by atoms with E-state index < -0.39 is 0 Å². The molecule has 3 saturated heterocycles. The molecule has 1 atom stereocenters. The third-order valence-electron chi connectivity index (χ3n) is 5.19. The summed E-state index contributed by atoms with van der Waals surface area (Å²) in [6, 6.07) is 0.857. The monoisotopic (exact) mass is 252 g/mol. The number of hydrogen-bond donors (Lipinski definition) is 0. The minimum absolute atomic E-state index is 0.506. The number of nitrogens with zero attached hydrogens (tertiary/aromatic N) is 2. The van der Waals surface area contributed by atoms with Gasteiger partial charge in [0.15, 0.2) is 0 Å². The second-order valence-corrected chi connectivity index (χ2v) is 6.84. The molecular weight excluding hydrogens is 224 g/mol. The third kappa shape index (κ3) is 2.89. The Morgan fingerprint density at radius 1 is 1.11 bits per heavy atom. The van der Waals surface area contributed by atoms with Crippen LogP contribution in [0.1, 0.15) is 39.0 Å². The van der Waals surface area contributed by atoms with Gasteiger partial charge < -0.3 is 9.64 Å². The molecule has 104 valence electrons. The highest BCUT2D eigenvalue weighted by Crippen LogP contribution is 2.32. The molecule has 0 aromatic heterocycles. The van der Waals surface area contributed by atoms with Gasteiger partial charge in [0.2, 0.25) is 0 Å². The first kappa shape index (κ1) is 12.9. The van der Waals surface area contributed by atoms with Crippen LogP contribution in [0.25, 0.3) is 0 Å². The number of hydrogen-bond acceptors (Lipinski definition) is 3. The van der Waals surface area contributed by atoms with E-state index in [1.54, 1.807) is 0 Å². The molecule has 3 aliphatic heterocycles. The predicted octanol–water partition coefficient (Wildman–Crippen LogP) is 1.97. The van der Waals surface area contributed by atoms with Gasteiger partial charge in [-0.2, -0.15) is 0 Å². The molecule has 0 amide bonds. The van der Waals surface area contributed by atoms with Crippen LogP contribution >= 0.6 is 0 Å². The summed E-state index contributed by atoms with van der Waals surface area (Å²) >= 11 is 0. The fourth-order valence-corrected chi connectivity index (χ4v) is 3.99. The molecule has 3 rings (SSSR count). The van der Waals surface area contributed by atoms with Gasteiger partial charge in [0, 0.05) is 32.3 Å². The van der Waals surface area contributed by atoms with E-state index in [0.717, 1.165) is 19.3 Å². The molecule has 0 N–H and O–H groups in total. The van der Waals surface area contributed by atoms with E-state index >= 15 is 0 Å². The van der Waals surface area contributed by atoms with E-state index in [-0.39, 0.29) is 0 Å². The lowest BCUT2D eigenvalue weighted by Gasteiger charge is -2.38. The Kier molecular flexibility index (Phi) is 3.92. The average molecular weight is 252 g/mol. The number of rotatable bonds is 2. The highest BCUT2D eigenvalue weighted by Gasteiger charge is 2.33. The van der Waals surface area contributed by atoms with Gasteiger partial charge in [0.25, 0.3) is 0 Å². The summed E-state index contributed by atoms with van der Waals surface area (Å²) in [4.78, 5) is 5.48. The Bertz CT molecular complexity index is 276. The maximum Gasteiger partial charge on any atom is 0.0471 e. The van der Waals surface area contributed by atoms with Crippen LogP contribution < -0.4 is 0 Å². The van der Waals surface area contributed by atoms with Crippen molar-refractivity contribution in [1.29, 1.82) is 0 Å². The number of ether oxygens (including phenoxy) is 1. The molecule has 18 heavy (non-hydrogen) atoms. The van der Waals surface area contributed by atoms with Gasteiger partial charge in [-0.1, -0.05) is 6.92 Å². The summed E-state index contributed by atoms with van der Waals surface area (Å²) in [6.07, 6.45) is 6.71. The fourth-order valence-electron chi connectivity index (χ4n) is 3.99. The standard InChI is InChI=1S/C15H28N2O/c1-15(5-10-18-11-6-15)13-16-7-3-9-17-8-2-4-14(17)12-16/h14H,2-13H2,1H3. The molecule has 1 unspecified atom stereocenters. The van der Waals surface area contributed by atoms with Crippen molar-refractivity contribution < 1.29 is 4.74 Å². The third-order valence-corrected chi connectivity index (χ3v) is 5.19. The first-order chi connectivity index (χ1) is 8.75.